The number of hydrogen-bond acceptors (Lipinski definition) is 5. The predicted octanol–water partition coefficient (Wildman–Crippen LogP) is 6.94. The van der Waals surface area contributed by atoms with Crippen LogP contribution in [0.4, 0.5) is 30.4 Å². The minimum Gasteiger partial charge on any atom is -0.339 e. The van der Waals surface area contributed by atoms with Crippen LogP contribution in [0, 0.1) is 20.8 Å². The van der Waals surface area contributed by atoms with E-state index >= 15 is 0 Å². The molecule has 5 aromatic rings. The molecule has 3 heterocycles. The number of fused-ring (bicyclic) bond motifs is 1. The topological polar surface area (TPSA) is 88.9 Å². The van der Waals surface area contributed by atoms with E-state index in [0.717, 1.165) is 40.2 Å². The third kappa shape index (κ3) is 5.67. The number of nitrogens with one attached hydrogen (secondary N) is 2. The number of nitrogens with zero attached hydrogens (tertiary/aromatic N) is 3. The van der Waals surface area contributed by atoms with Crippen LogP contribution in [0.1, 0.15) is 32.9 Å². The molecule has 2 aromatic carbocycles. The molecule has 2 N–H and O–H groups in total. The first kappa shape index (κ1) is 27.6. The van der Waals surface area contributed by atoms with Gasteiger partial charge in [0.25, 0.3) is 11.5 Å². The monoisotopic (exact) mass is 557 g/mol. The Morgan fingerprint density at radius 3 is 2.44 bits per heavy atom. The molecule has 208 valence electrons. The molecule has 3 aromatic heterocycles. The fraction of sp³-hybridized carbons (Fsp3) is 0.161. The Balaban J connectivity index is 1.47. The quantitative estimate of drug-likeness (QED) is 0.245. The average molecular weight is 558 g/mol. The molecule has 0 aliphatic heterocycles. The summed E-state index contributed by atoms with van der Waals surface area (Å²) < 4.78 is 40.8. The zero-order chi connectivity index (χ0) is 29.5. The van der Waals surface area contributed by atoms with Crippen molar-refractivity contribution in [2.24, 2.45) is 7.05 Å². The molecule has 0 saturated carbocycles. The summed E-state index contributed by atoms with van der Waals surface area (Å²) in [5, 5.41) is 6.62. The zero-order valence-electron chi connectivity index (χ0n) is 22.7. The van der Waals surface area contributed by atoms with Gasteiger partial charge in [-0.25, -0.2) is 4.98 Å². The SMILES string of the molecule is Cc1ccc(Nc2cc3c(cn2)cc(-c2cc(NC(=O)c4cccc(C(F)(F)F)c4)ccc2C)c(=O)n3C)c(C)n1. The lowest BCUT2D eigenvalue weighted by Crippen LogP contribution is -2.19. The van der Waals surface area contributed by atoms with E-state index in [4.69, 9.17) is 0 Å². The lowest BCUT2D eigenvalue weighted by molar-refractivity contribution is -0.137. The highest BCUT2D eigenvalue weighted by Gasteiger charge is 2.31. The Morgan fingerprint density at radius 2 is 1.71 bits per heavy atom. The van der Waals surface area contributed by atoms with Gasteiger partial charge >= 0.3 is 6.18 Å². The number of hydrogen-bond donors (Lipinski definition) is 2. The number of amides is 1. The number of pyridine rings is 3. The van der Waals surface area contributed by atoms with Gasteiger partial charge in [-0.05, 0) is 80.4 Å². The van der Waals surface area contributed by atoms with Crippen LogP contribution in [-0.4, -0.2) is 20.4 Å². The molecule has 5 rings (SSSR count). The highest BCUT2D eigenvalue weighted by molar-refractivity contribution is 6.04. The van der Waals surface area contributed by atoms with Gasteiger partial charge in [0.15, 0.2) is 0 Å². The number of halogens is 3. The number of rotatable bonds is 5. The second-order valence-electron chi connectivity index (χ2n) is 9.82. The number of carbonyl (C=O) groups excluding carboxylic acids is 1. The molecule has 0 radical (unpaired) electrons. The summed E-state index contributed by atoms with van der Waals surface area (Å²) in [6.45, 7) is 5.65. The van der Waals surface area contributed by atoms with Crippen molar-refractivity contribution < 1.29 is 18.0 Å². The zero-order valence-corrected chi connectivity index (χ0v) is 22.7. The molecular formula is C31H26F3N5O2. The molecule has 0 bridgehead atoms. The van der Waals surface area contributed by atoms with E-state index in [-0.39, 0.29) is 11.1 Å². The molecular weight excluding hydrogens is 531 g/mol. The molecule has 0 fully saturated rings. The van der Waals surface area contributed by atoms with Gasteiger partial charge in [0.05, 0.1) is 22.5 Å². The number of anilines is 3. The molecule has 0 aliphatic carbocycles. The Morgan fingerprint density at radius 1 is 0.927 bits per heavy atom. The highest BCUT2D eigenvalue weighted by atomic mass is 19.4. The third-order valence-electron chi connectivity index (χ3n) is 6.83. The van der Waals surface area contributed by atoms with E-state index in [0.29, 0.717) is 28.1 Å². The van der Waals surface area contributed by atoms with E-state index < -0.39 is 17.6 Å². The first-order chi connectivity index (χ1) is 19.4. The maximum Gasteiger partial charge on any atom is 0.416 e. The van der Waals surface area contributed by atoms with E-state index in [1.54, 1.807) is 43.6 Å². The van der Waals surface area contributed by atoms with Crippen molar-refractivity contribution in [3.63, 3.8) is 0 Å². The summed E-state index contributed by atoms with van der Waals surface area (Å²) in [6, 6.07) is 16.6. The van der Waals surface area contributed by atoms with Crippen molar-refractivity contribution >= 4 is 34.0 Å². The van der Waals surface area contributed by atoms with Crippen molar-refractivity contribution in [3.8, 4) is 11.1 Å². The van der Waals surface area contributed by atoms with Crippen LogP contribution in [0.25, 0.3) is 22.0 Å². The molecule has 41 heavy (non-hydrogen) atoms. The minimum atomic E-state index is -4.56. The first-order valence-electron chi connectivity index (χ1n) is 12.7. The van der Waals surface area contributed by atoms with Crippen molar-refractivity contribution in [1.82, 2.24) is 14.5 Å². The van der Waals surface area contributed by atoms with Crippen molar-refractivity contribution in [2.75, 3.05) is 10.6 Å². The van der Waals surface area contributed by atoms with Crippen LogP contribution < -0.4 is 16.2 Å². The lowest BCUT2D eigenvalue weighted by atomic mass is 9.99. The largest absolute Gasteiger partial charge is 0.416 e. The fourth-order valence-corrected chi connectivity index (χ4v) is 4.61. The molecule has 0 atom stereocenters. The molecule has 1 amide bonds. The van der Waals surface area contributed by atoms with Crippen molar-refractivity contribution in [3.05, 3.63) is 111 Å². The second-order valence-corrected chi connectivity index (χ2v) is 9.82. The van der Waals surface area contributed by atoms with Gasteiger partial charge in [-0.15, -0.1) is 0 Å². The van der Waals surface area contributed by atoms with E-state index in [2.05, 4.69) is 20.6 Å². The van der Waals surface area contributed by atoms with Gasteiger partial charge in [-0.2, -0.15) is 13.2 Å². The van der Waals surface area contributed by atoms with Crippen molar-refractivity contribution in [1.29, 1.82) is 0 Å². The molecule has 0 unspecified atom stereocenters. The Kier molecular flexibility index (Phi) is 7.08. The summed E-state index contributed by atoms with van der Waals surface area (Å²) in [4.78, 5) is 35.2. The maximum absolute atomic E-state index is 13.5. The van der Waals surface area contributed by atoms with Crippen LogP contribution in [0.3, 0.4) is 0 Å². The maximum atomic E-state index is 13.5. The summed E-state index contributed by atoms with van der Waals surface area (Å²) in [5.41, 5.74) is 4.02. The van der Waals surface area contributed by atoms with Crippen LogP contribution in [0.2, 0.25) is 0 Å². The van der Waals surface area contributed by atoms with Gasteiger partial charge in [0.2, 0.25) is 0 Å². The summed E-state index contributed by atoms with van der Waals surface area (Å²) in [7, 11) is 1.67. The summed E-state index contributed by atoms with van der Waals surface area (Å²) in [5.74, 6) is -0.134. The van der Waals surface area contributed by atoms with E-state index in [1.165, 1.54) is 16.7 Å². The van der Waals surface area contributed by atoms with Gasteiger partial charge in [0.1, 0.15) is 5.82 Å². The van der Waals surface area contributed by atoms with E-state index in [1.807, 2.05) is 32.9 Å². The van der Waals surface area contributed by atoms with Gasteiger partial charge in [-0.1, -0.05) is 12.1 Å². The number of carbonyl (C=O) groups is 1. The number of benzene rings is 2. The molecule has 10 heteroatoms. The summed E-state index contributed by atoms with van der Waals surface area (Å²) in [6.07, 6.45) is -2.89. The number of aryl methyl sites for hydroxylation is 4. The van der Waals surface area contributed by atoms with Crippen LogP contribution in [0.15, 0.2) is 77.7 Å². The molecule has 0 spiro atoms. The molecule has 0 aliphatic rings. The second kappa shape index (κ2) is 10.5. The Bertz CT molecular complexity index is 1880. The van der Waals surface area contributed by atoms with E-state index in [9.17, 15) is 22.8 Å². The van der Waals surface area contributed by atoms with Crippen molar-refractivity contribution in [2.45, 2.75) is 26.9 Å². The molecule has 0 saturated heterocycles. The standard InChI is InChI=1S/C31H26F3N5O2/c1-17-8-10-23(37-29(40)20-6-5-7-22(12-20)31(32,33)34)14-24(17)25-13-21-16-35-28(15-27(21)39(4)30(25)41)38-26-11-9-18(2)36-19(26)3/h5-16H,1-4H3,(H,35,38)(H,37,40). The predicted molar refractivity (Wildman–Crippen MR) is 154 cm³/mol. The number of aromatic nitrogens is 3. The van der Waals surface area contributed by atoms with Gasteiger partial charge in [-0.3, -0.25) is 14.6 Å². The van der Waals surface area contributed by atoms with Crippen LogP contribution >= 0.6 is 0 Å². The Hall–Kier alpha value is -4.99. The van der Waals surface area contributed by atoms with Gasteiger partial charge < -0.3 is 15.2 Å². The highest BCUT2D eigenvalue weighted by Crippen LogP contribution is 2.31. The lowest BCUT2D eigenvalue weighted by Gasteiger charge is -2.14. The first-order valence-corrected chi connectivity index (χ1v) is 12.7. The minimum absolute atomic E-state index is 0.129. The van der Waals surface area contributed by atoms with Crippen LogP contribution in [-0.2, 0) is 13.2 Å². The molecule has 7 nitrogen and oxygen atoms in total. The normalized spacial score (nSPS) is 11.5. The summed E-state index contributed by atoms with van der Waals surface area (Å²) >= 11 is 0. The fourth-order valence-electron chi connectivity index (χ4n) is 4.61. The Labute approximate surface area is 233 Å². The third-order valence-corrected chi connectivity index (χ3v) is 6.83. The van der Waals surface area contributed by atoms with Crippen LogP contribution in [0.5, 0.6) is 0 Å². The van der Waals surface area contributed by atoms with Gasteiger partial charge in [0, 0.05) is 47.2 Å². The number of alkyl halides is 3. The average Bonchev–Trinajstić information content (AvgIpc) is 2.93. The smallest absolute Gasteiger partial charge is 0.339 e.